The maximum absolute atomic E-state index is 12.8. The molecule has 114 valence electrons. The molecule has 22 heavy (non-hydrogen) atoms. The van der Waals surface area contributed by atoms with Gasteiger partial charge in [0.25, 0.3) is 0 Å². The summed E-state index contributed by atoms with van der Waals surface area (Å²) in [6, 6.07) is 9.84. The van der Waals surface area contributed by atoms with Crippen LogP contribution in [0.2, 0.25) is 5.02 Å². The minimum Gasteiger partial charge on any atom is -0.456 e. The Morgan fingerprint density at radius 2 is 1.91 bits per heavy atom. The van der Waals surface area contributed by atoms with Crippen LogP contribution in [0, 0.1) is 11.3 Å². The van der Waals surface area contributed by atoms with E-state index in [1.165, 1.54) is 18.2 Å². The van der Waals surface area contributed by atoms with Crippen LogP contribution in [0.5, 0.6) is 11.5 Å². The summed E-state index contributed by atoms with van der Waals surface area (Å²) in [4.78, 5) is 0. The minimum absolute atomic E-state index is 0.0505. The fourth-order valence-electron chi connectivity index (χ4n) is 1.77. The van der Waals surface area contributed by atoms with Crippen molar-refractivity contribution in [3.63, 3.8) is 0 Å². The number of nitrogens with one attached hydrogen (secondary N) is 1. The minimum atomic E-state index is -4.58. The molecule has 0 aliphatic rings. The average Bonchev–Trinajstić information content (AvgIpc) is 2.48. The Labute approximate surface area is 129 Å². The van der Waals surface area contributed by atoms with Crippen LogP contribution in [0.4, 0.5) is 18.9 Å². The largest absolute Gasteiger partial charge is 0.456 e. The fourth-order valence-corrected chi connectivity index (χ4v) is 2.00. The molecule has 0 spiro atoms. The summed E-state index contributed by atoms with van der Waals surface area (Å²) in [7, 11) is 1.69. The van der Waals surface area contributed by atoms with E-state index in [1.807, 2.05) is 6.07 Å². The van der Waals surface area contributed by atoms with Gasteiger partial charge in [0.2, 0.25) is 0 Å². The van der Waals surface area contributed by atoms with Crippen molar-refractivity contribution in [1.29, 1.82) is 5.26 Å². The number of halogens is 4. The third kappa shape index (κ3) is 3.43. The molecule has 0 amide bonds. The number of alkyl halides is 3. The molecule has 0 aliphatic carbocycles. The van der Waals surface area contributed by atoms with Crippen LogP contribution in [0.3, 0.4) is 0 Å². The van der Waals surface area contributed by atoms with Crippen LogP contribution in [0.1, 0.15) is 11.1 Å². The van der Waals surface area contributed by atoms with Crippen LogP contribution in [-0.4, -0.2) is 7.05 Å². The van der Waals surface area contributed by atoms with E-state index >= 15 is 0 Å². The van der Waals surface area contributed by atoms with Crippen LogP contribution in [-0.2, 0) is 6.18 Å². The van der Waals surface area contributed by atoms with E-state index < -0.39 is 16.8 Å². The Bertz CT molecular complexity index is 739. The van der Waals surface area contributed by atoms with E-state index in [0.29, 0.717) is 5.69 Å². The van der Waals surface area contributed by atoms with E-state index in [-0.39, 0.29) is 17.1 Å². The summed E-state index contributed by atoms with van der Waals surface area (Å²) in [5.41, 5.74) is -0.0941. The summed E-state index contributed by atoms with van der Waals surface area (Å²) >= 11 is 5.55. The second-order valence-corrected chi connectivity index (χ2v) is 4.72. The Balaban J connectivity index is 2.38. The molecule has 3 nitrogen and oxygen atoms in total. The molecule has 0 aromatic heterocycles. The van der Waals surface area contributed by atoms with Gasteiger partial charge in [-0.1, -0.05) is 11.6 Å². The zero-order valence-electron chi connectivity index (χ0n) is 11.3. The molecule has 0 heterocycles. The molecule has 1 N–H and O–H groups in total. The van der Waals surface area contributed by atoms with Crippen LogP contribution in [0.15, 0.2) is 36.4 Å². The molecule has 2 rings (SSSR count). The van der Waals surface area contributed by atoms with E-state index in [1.54, 1.807) is 13.1 Å². The molecule has 2 aromatic rings. The van der Waals surface area contributed by atoms with E-state index in [0.717, 1.165) is 12.1 Å². The Hall–Kier alpha value is -2.39. The summed E-state index contributed by atoms with van der Waals surface area (Å²) < 4.78 is 43.8. The lowest BCUT2D eigenvalue weighted by Gasteiger charge is -2.13. The lowest BCUT2D eigenvalue weighted by atomic mass is 10.2. The van der Waals surface area contributed by atoms with Gasteiger partial charge in [-0.25, -0.2) is 0 Å². The third-order valence-electron chi connectivity index (χ3n) is 2.86. The van der Waals surface area contributed by atoms with Crippen molar-refractivity contribution in [3.05, 3.63) is 52.5 Å². The smallest absolute Gasteiger partial charge is 0.417 e. The Morgan fingerprint density at radius 3 is 2.50 bits per heavy atom. The number of anilines is 1. The average molecular weight is 327 g/mol. The first-order valence-electron chi connectivity index (χ1n) is 6.11. The highest BCUT2D eigenvalue weighted by atomic mass is 35.5. The standard InChI is InChI=1S/C15H10ClF3N2O/c1-21-10-2-5-14(9(6-10)8-20)22-11-3-4-13(16)12(7-11)15(17,18)19/h2-7,21H,1H3. The topological polar surface area (TPSA) is 45.0 Å². The van der Waals surface area contributed by atoms with Gasteiger partial charge in [-0.15, -0.1) is 0 Å². The van der Waals surface area contributed by atoms with Crippen molar-refractivity contribution >= 4 is 17.3 Å². The predicted octanol–water partition coefficient (Wildman–Crippen LogP) is 5.06. The first-order chi connectivity index (χ1) is 10.3. The number of hydrogen-bond acceptors (Lipinski definition) is 3. The number of nitrogens with zero attached hydrogens (tertiary/aromatic N) is 1. The van der Waals surface area contributed by atoms with Crippen molar-refractivity contribution in [1.82, 2.24) is 0 Å². The van der Waals surface area contributed by atoms with Gasteiger partial charge in [0.05, 0.1) is 16.1 Å². The van der Waals surface area contributed by atoms with Gasteiger partial charge in [-0.05, 0) is 36.4 Å². The van der Waals surface area contributed by atoms with Gasteiger partial charge in [0, 0.05) is 12.7 Å². The van der Waals surface area contributed by atoms with Gasteiger partial charge in [-0.3, -0.25) is 0 Å². The second-order valence-electron chi connectivity index (χ2n) is 4.31. The number of ether oxygens (including phenoxy) is 1. The molecule has 0 unspecified atom stereocenters. The normalized spacial score (nSPS) is 10.9. The van der Waals surface area contributed by atoms with Crippen molar-refractivity contribution < 1.29 is 17.9 Å². The van der Waals surface area contributed by atoms with Gasteiger partial charge < -0.3 is 10.1 Å². The number of nitriles is 1. The molecular formula is C15H10ClF3N2O. The van der Waals surface area contributed by atoms with Crippen molar-refractivity contribution in [2.24, 2.45) is 0 Å². The molecule has 7 heteroatoms. The Morgan fingerprint density at radius 1 is 1.18 bits per heavy atom. The van der Waals surface area contributed by atoms with Crippen molar-refractivity contribution in [3.8, 4) is 17.6 Å². The molecule has 0 fully saturated rings. The number of benzene rings is 2. The van der Waals surface area contributed by atoms with E-state index in [2.05, 4.69) is 5.32 Å². The zero-order chi connectivity index (χ0) is 16.3. The maximum atomic E-state index is 12.8. The van der Waals surface area contributed by atoms with Gasteiger partial charge in [-0.2, -0.15) is 18.4 Å². The van der Waals surface area contributed by atoms with E-state index in [9.17, 15) is 13.2 Å². The molecule has 0 radical (unpaired) electrons. The second kappa shape index (κ2) is 6.16. The monoisotopic (exact) mass is 326 g/mol. The Kier molecular flexibility index (Phi) is 4.48. The SMILES string of the molecule is CNc1ccc(Oc2ccc(Cl)c(C(F)(F)F)c2)c(C#N)c1. The lowest BCUT2D eigenvalue weighted by molar-refractivity contribution is -0.137. The predicted molar refractivity (Wildman–Crippen MR) is 77.2 cm³/mol. The highest BCUT2D eigenvalue weighted by Gasteiger charge is 2.33. The van der Waals surface area contributed by atoms with E-state index in [4.69, 9.17) is 21.6 Å². The lowest BCUT2D eigenvalue weighted by Crippen LogP contribution is -2.06. The fraction of sp³-hybridized carbons (Fsp3) is 0.133. The molecule has 0 saturated carbocycles. The van der Waals surface area contributed by atoms with Gasteiger partial charge in [0.15, 0.2) is 0 Å². The van der Waals surface area contributed by atoms with Crippen molar-refractivity contribution in [2.45, 2.75) is 6.18 Å². The van der Waals surface area contributed by atoms with Gasteiger partial charge >= 0.3 is 6.18 Å². The molecule has 0 aliphatic heterocycles. The highest BCUT2D eigenvalue weighted by molar-refractivity contribution is 6.31. The maximum Gasteiger partial charge on any atom is 0.417 e. The van der Waals surface area contributed by atoms with Crippen LogP contribution in [0.25, 0.3) is 0 Å². The summed E-state index contributed by atoms with van der Waals surface area (Å²) in [5, 5.41) is 11.5. The number of rotatable bonds is 3. The van der Waals surface area contributed by atoms with Crippen molar-refractivity contribution in [2.75, 3.05) is 12.4 Å². The molecule has 0 bridgehead atoms. The quantitative estimate of drug-likeness (QED) is 0.857. The molecular weight excluding hydrogens is 317 g/mol. The zero-order valence-corrected chi connectivity index (χ0v) is 12.1. The summed E-state index contributed by atoms with van der Waals surface area (Å²) in [6.45, 7) is 0. The number of hydrogen-bond donors (Lipinski definition) is 1. The molecule has 2 aromatic carbocycles. The van der Waals surface area contributed by atoms with Crippen LogP contribution >= 0.6 is 11.6 Å². The first kappa shape index (κ1) is 16.0. The summed E-state index contributed by atoms with van der Waals surface area (Å²) in [6.07, 6.45) is -4.58. The highest BCUT2D eigenvalue weighted by Crippen LogP contribution is 2.38. The molecule has 0 saturated heterocycles. The van der Waals surface area contributed by atoms with Crippen LogP contribution < -0.4 is 10.1 Å². The molecule has 0 atom stereocenters. The first-order valence-corrected chi connectivity index (χ1v) is 6.49. The third-order valence-corrected chi connectivity index (χ3v) is 3.19. The summed E-state index contributed by atoms with van der Waals surface area (Å²) in [5.74, 6) is 0.113. The van der Waals surface area contributed by atoms with Gasteiger partial charge in [0.1, 0.15) is 17.6 Å².